The summed E-state index contributed by atoms with van der Waals surface area (Å²) in [5.74, 6) is 0.472. The number of ether oxygens (including phenoxy) is 1. The molecule has 1 amide bonds. The molecule has 2 fully saturated rings. The van der Waals surface area contributed by atoms with Crippen LogP contribution in [0.15, 0.2) is 29.2 Å². The van der Waals surface area contributed by atoms with Crippen molar-refractivity contribution in [1.82, 2.24) is 14.5 Å². The number of nitrogens with one attached hydrogen (secondary N) is 1. The second-order valence-corrected chi connectivity index (χ2v) is 8.96. The minimum Gasteiger partial charge on any atom is -0.497 e. The normalized spacial score (nSPS) is 27.7. The first-order chi connectivity index (χ1) is 11.8. The lowest BCUT2D eigenvalue weighted by Gasteiger charge is -2.42. The van der Waals surface area contributed by atoms with E-state index < -0.39 is 15.6 Å². The number of likely N-dealkylation sites (tertiary alicyclic amines) is 1. The quantitative estimate of drug-likeness (QED) is 0.840. The maximum Gasteiger partial charge on any atom is 0.243 e. The summed E-state index contributed by atoms with van der Waals surface area (Å²) < 4.78 is 32.8. The van der Waals surface area contributed by atoms with Crippen LogP contribution in [0.1, 0.15) is 13.3 Å². The molecule has 2 aliphatic rings. The number of sulfonamides is 1. The number of methoxy groups -OCH3 is 1. The highest BCUT2D eigenvalue weighted by molar-refractivity contribution is 7.89. The molecule has 1 aromatic rings. The van der Waals surface area contributed by atoms with Gasteiger partial charge in [0.05, 0.1) is 17.5 Å². The Morgan fingerprint density at radius 3 is 2.80 bits per heavy atom. The molecule has 0 unspecified atom stereocenters. The summed E-state index contributed by atoms with van der Waals surface area (Å²) in [6, 6.07) is 6.51. The Bertz CT molecular complexity index is 767. The monoisotopic (exact) mass is 367 g/mol. The van der Waals surface area contributed by atoms with Crippen molar-refractivity contribution in [2.45, 2.75) is 23.8 Å². The number of carbonyl (C=O) groups excluding carboxylic acids is 1. The van der Waals surface area contributed by atoms with Crippen molar-refractivity contribution in [2.75, 3.05) is 40.3 Å². The van der Waals surface area contributed by atoms with Crippen molar-refractivity contribution < 1.29 is 17.9 Å². The molecular formula is C17H25N3O4S. The van der Waals surface area contributed by atoms with Crippen molar-refractivity contribution in [3.05, 3.63) is 24.3 Å². The largest absolute Gasteiger partial charge is 0.497 e. The standard InChI is InChI=1S/C17H25N3O4S/c1-13(21)18-17-7-8-19(2)10-14(17)11-20(12-17)25(22,23)16-6-4-5-15(9-16)24-3/h4-6,9,14H,7-8,10-12H2,1-3H3,(H,18,21)/t14-,17-/m1/s1. The lowest BCUT2D eigenvalue weighted by atomic mass is 9.80. The van der Waals surface area contributed by atoms with Gasteiger partial charge in [0, 0.05) is 45.1 Å². The van der Waals surface area contributed by atoms with Crippen LogP contribution < -0.4 is 10.1 Å². The van der Waals surface area contributed by atoms with Gasteiger partial charge < -0.3 is 15.0 Å². The Balaban J connectivity index is 1.91. The predicted molar refractivity (Wildman–Crippen MR) is 93.9 cm³/mol. The number of hydrogen-bond donors (Lipinski definition) is 1. The van der Waals surface area contributed by atoms with Crippen LogP contribution in [0.5, 0.6) is 5.75 Å². The molecule has 0 saturated carbocycles. The first kappa shape index (κ1) is 18.2. The minimum atomic E-state index is -3.64. The fourth-order valence-electron chi connectivity index (χ4n) is 3.95. The summed E-state index contributed by atoms with van der Waals surface area (Å²) in [7, 11) is -0.101. The zero-order valence-electron chi connectivity index (χ0n) is 14.9. The van der Waals surface area contributed by atoms with E-state index >= 15 is 0 Å². The zero-order valence-corrected chi connectivity index (χ0v) is 15.7. The number of nitrogens with zero attached hydrogens (tertiary/aromatic N) is 2. The Morgan fingerprint density at radius 1 is 1.36 bits per heavy atom. The molecule has 8 heteroatoms. The van der Waals surface area contributed by atoms with E-state index in [0.717, 1.165) is 19.5 Å². The molecule has 0 spiro atoms. The third-order valence-electron chi connectivity index (χ3n) is 5.24. The molecule has 1 aromatic carbocycles. The van der Waals surface area contributed by atoms with Crippen molar-refractivity contribution in [3.63, 3.8) is 0 Å². The highest BCUT2D eigenvalue weighted by Gasteiger charge is 2.52. The van der Waals surface area contributed by atoms with Crippen molar-refractivity contribution in [2.24, 2.45) is 5.92 Å². The molecule has 0 aromatic heterocycles. The number of piperidine rings is 1. The molecule has 1 N–H and O–H groups in total. The predicted octanol–water partition coefficient (Wildman–Crippen LogP) is 0.526. The lowest BCUT2D eigenvalue weighted by molar-refractivity contribution is -0.121. The summed E-state index contributed by atoms with van der Waals surface area (Å²) >= 11 is 0. The smallest absolute Gasteiger partial charge is 0.243 e. The van der Waals surface area contributed by atoms with Gasteiger partial charge in [0.15, 0.2) is 0 Å². The molecule has 2 saturated heterocycles. The van der Waals surface area contributed by atoms with Gasteiger partial charge in [-0.15, -0.1) is 0 Å². The summed E-state index contributed by atoms with van der Waals surface area (Å²) in [6.45, 7) is 3.81. The number of amides is 1. The van der Waals surface area contributed by atoms with Gasteiger partial charge in [0.2, 0.25) is 15.9 Å². The minimum absolute atomic E-state index is 0.0792. The van der Waals surface area contributed by atoms with Crippen LogP contribution in [-0.2, 0) is 14.8 Å². The average Bonchev–Trinajstić information content (AvgIpc) is 2.93. The van der Waals surface area contributed by atoms with E-state index in [1.54, 1.807) is 18.2 Å². The molecule has 25 heavy (non-hydrogen) atoms. The van der Waals surface area contributed by atoms with E-state index in [4.69, 9.17) is 4.74 Å². The molecule has 2 aliphatic heterocycles. The van der Waals surface area contributed by atoms with Crippen molar-refractivity contribution in [1.29, 1.82) is 0 Å². The number of benzene rings is 1. The van der Waals surface area contributed by atoms with E-state index in [1.165, 1.54) is 24.4 Å². The maximum atomic E-state index is 13.1. The van der Waals surface area contributed by atoms with E-state index in [9.17, 15) is 13.2 Å². The molecule has 0 radical (unpaired) electrons. The summed E-state index contributed by atoms with van der Waals surface area (Å²) in [5.41, 5.74) is -0.482. The van der Waals surface area contributed by atoms with E-state index in [1.807, 2.05) is 7.05 Å². The van der Waals surface area contributed by atoms with Gasteiger partial charge >= 0.3 is 0 Å². The molecule has 0 aliphatic carbocycles. The molecule has 7 nitrogen and oxygen atoms in total. The Kier molecular flexibility index (Phi) is 4.78. The third kappa shape index (κ3) is 3.38. The van der Waals surface area contributed by atoms with Gasteiger partial charge in [0.1, 0.15) is 5.75 Å². The SMILES string of the molecule is COc1cccc(S(=O)(=O)N2C[C@H]3CN(C)CC[C@@]3(NC(C)=O)C2)c1. The van der Waals surface area contributed by atoms with Crippen LogP contribution in [0, 0.1) is 5.92 Å². The Morgan fingerprint density at radius 2 is 2.12 bits per heavy atom. The highest BCUT2D eigenvalue weighted by atomic mass is 32.2. The Labute approximate surface area is 149 Å². The highest BCUT2D eigenvalue weighted by Crippen LogP contribution is 2.37. The first-order valence-corrected chi connectivity index (χ1v) is 9.82. The maximum absolute atomic E-state index is 13.1. The first-order valence-electron chi connectivity index (χ1n) is 8.38. The number of rotatable bonds is 4. The van der Waals surface area contributed by atoms with Gasteiger partial charge in [-0.3, -0.25) is 4.79 Å². The van der Waals surface area contributed by atoms with Crippen LogP contribution >= 0.6 is 0 Å². The second kappa shape index (κ2) is 6.59. The van der Waals surface area contributed by atoms with Crippen LogP contribution in [0.2, 0.25) is 0 Å². The van der Waals surface area contributed by atoms with Gasteiger partial charge in [0.25, 0.3) is 0 Å². The summed E-state index contributed by atoms with van der Waals surface area (Å²) in [5, 5.41) is 3.06. The summed E-state index contributed by atoms with van der Waals surface area (Å²) in [6.07, 6.45) is 0.748. The Hall–Kier alpha value is -1.64. The van der Waals surface area contributed by atoms with Crippen LogP contribution in [0.4, 0.5) is 0 Å². The topological polar surface area (TPSA) is 79.0 Å². The second-order valence-electron chi connectivity index (χ2n) is 7.02. The van der Waals surface area contributed by atoms with Crippen LogP contribution in [-0.4, -0.2) is 69.4 Å². The van der Waals surface area contributed by atoms with Gasteiger partial charge in [-0.25, -0.2) is 8.42 Å². The molecule has 0 bridgehead atoms. The molecule has 2 heterocycles. The van der Waals surface area contributed by atoms with E-state index in [-0.39, 0.29) is 16.7 Å². The molecular weight excluding hydrogens is 342 g/mol. The van der Waals surface area contributed by atoms with Gasteiger partial charge in [-0.2, -0.15) is 4.31 Å². The lowest BCUT2D eigenvalue weighted by Crippen LogP contribution is -2.60. The number of carbonyl (C=O) groups is 1. The van der Waals surface area contributed by atoms with Crippen LogP contribution in [0.25, 0.3) is 0 Å². The van der Waals surface area contributed by atoms with Gasteiger partial charge in [-0.1, -0.05) is 6.07 Å². The van der Waals surface area contributed by atoms with E-state index in [2.05, 4.69) is 10.2 Å². The molecule has 3 rings (SSSR count). The number of fused-ring (bicyclic) bond motifs is 1. The molecule has 138 valence electrons. The van der Waals surface area contributed by atoms with Crippen molar-refractivity contribution >= 4 is 15.9 Å². The summed E-state index contributed by atoms with van der Waals surface area (Å²) in [4.78, 5) is 14.1. The van der Waals surface area contributed by atoms with E-state index in [0.29, 0.717) is 18.8 Å². The van der Waals surface area contributed by atoms with Gasteiger partial charge in [-0.05, 0) is 25.6 Å². The molecule has 2 atom stereocenters. The fourth-order valence-corrected chi connectivity index (χ4v) is 5.54. The third-order valence-corrected chi connectivity index (χ3v) is 7.05. The fraction of sp³-hybridized carbons (Fsp3) is 0.588. The average molecular weight is 367 g/mol. The van der Waals surface area contributed by atoms with Crippen LogP contribution in [0.3, 0.4) is 0 Å². The van der Waals surface area contributed by atoms with Crippen molar-refractivity contribution in [3.8, 4) is 5.75 Å². The number of hydrogen-bond acceptors (Lipinski definition) is 5. The zero-order chi connectivity index (χ0) is 18.2.